The second-order valence-corrected chi connectivity index (χ2v) is 5.14. The molecule has 17 heavy (non-hydrogen) atoms. The first-order chi connectivity index (χ1) is 8.06. The molecule has 0 saturated carbocycles. The lowest BCUT2D eigenvalue weighted by molar-refractivity contribution is -0.121. The molecule has 0 aromatic rings. The van der Waals surface area contributed by atoms with Crippen LogP contribution in [0.4, 0.5) is 0 Å². The maximum atomic E-state index is 11.4. The highest BCUT2D eigenvalue weighted by Crippen LogP contribution is 2.05. The first kappa shape index (κ1) is 16.1. The summed E-state index contributed by atoms with van der Waals surface area (Å²) in [6, 6.07) is 0. The van der Waals surface area contributed by atoms with Gasteiger partial charge in [-0.1, -0.05) is 46.5 Å². The fraction of sp³-hybridized carbons (Fsp3) is 0.857. The van der Waals surface area contributed by atoms with Crippen LogP contribution in [0.1, 0.15) is 72.6 Å². The predicted molar refractivity (Wildman–Crippen MR) is 74.1 cm³/mol. The topological polar surface area (TPSA) is 41.5 Å². The molecule has 0 spiro atoms. The summed E-state index contributed by atoms with van der Waals surface area (Å²) in [7, 11) is 0. The number of hydrogen-bond acceptors (Lipinski definition) is 2. The molecule has 1 N–H and O–H groups in total. The lowest BCUT2D eigenvalue weighted by Crippen LogP contribution is -2.18. The van der Waals surface area contributed by atoms with Gasteiger partial charge in [0.25, 0.3) is 0 Å². The summed E-state index contributed by atoms with van der Waals surface area (Å²) in [5.41, 5.74) is 3.63. The fourth-order valence-electron chi connectivity index (χ4n) is 1.74. The van der Waals surface area contributed by atoms with Gasteiger partial charge in [0.15, 0.2) is 0 Å². The van der Waals surface area contributed by atoms with E-state index in [2.05, 4.69) is 31.3 Å². The van der Waals surface area contributed by atoms with E-state index in [9.17, 15) is 4.79 Å². The third-order valence-electron chi connectivity index (χ3n) is 2.58. The Balaban J connectivity index is 3.58. The molecule has 0 unspecified atom stereocenters. The number of carbonyl (C=O) groups is 1. The SMILES string of the molecule is CCCCCCCC(=O)NN=C(C)CC(C)C. The lowest BCUT2D eigenvalue weighted by Gasteiger charge is -2.04. The highest BCUT2D eigenvalue weighted by molar-refractivity contribution is 5.84. The van der Waals surface area contributed by atoms with E-state index in [0.717, 1.165) is 25.0 Å². The van der Waals surface area contributed by atoms with Crippen molar-refractivity contribution >= 4 is 11.6 Å². The van der Waals surface area contributed by atoms with Gasteiger partial charge in [0.05, 0.1) is 0 Å². The number of unbranched alkanes of at least 4 members (excludes halogenated alkanes) is 4. The van der Waals surface area contributed by atoms with E-state index in [1.165, 1.54) is 19.3 Å². The van der Waals surface area contributed by atoms with Gasteiger partial charge in [-0.2, -0.15) is 5.10 Å². The second kappa shape index (κ2) is 10.3. The summed E-state index contributed by atoms with van der Waals surface area (Å²) in [6.07, 6.45) is 7.41. The van der Waals surface area contributed by atoms with E-state index >= 15 is 0 Å². The molecule has 3 heteroatoms. The number of carbonyl (C=O) groups excluding carboxylic acids is 1. The number of hydrogen-bond donors (Lipinski definition) is 1. The van der Waals surface area contributed by atoms with Crippen LogP contribution < -0.4 is 5.43 Å². The molecule has 0 rings (SSSR count). The van der Waals surface area contributed by atoms with Gasteiger partial charge in [0.1, 0.15) is 0 Å². The van der Waals surface area contributed by atoms with Crippen molar-refractivity contribution in [2.45, 2.75) is 72.6 Å². The second-order valence-electron chi connectivity index (χ2n) is 5.14. The van der Waals surface area contributed by atoms with Gasteiger partial charge in [0.2, 0.25) is 5.91 Å². The van der Waals surface area contributed by atoms with Crippen LogP contribution in [-0.4, -0.2) is 11.6 Å². The van der Waals surface area contributed by atoms with Crippen molar-refractivity contribution in [1.82, 2.24) is 5.43 Å². The molecule has 0 aliphatic carbocycles. The molecule has 0 saturated heterocycles. The van der Waals surface area contributed by atoms with Crippen molar-refractivity contribution in [2.75, 3.05) is 0 Å². The lowest BCUT2D eigenvalue weighted by atomic mass is 10.1. The number of amides is 1. The maximum Gasteiger partial charge on any atom is 0.240 e. The van der Waals surface area contributed by atoms with Crippen molar-refractivity contribution in [3.63, 3.8) is 0 Å². The molecule has 1 amide bonds. The Morgan fingerprint density at radius 1 is 1.18 bits per heavy atom. The average Bonchev–Trinajstić information content (AvgIpc) is 2.25. The van der Waals surface area contributed by atoms with Crippen molar-refractivity contribution in [3.05, 3.63) is 0 Å². The Kier molecular flexibility index (Phi) is 9.78. The van der Waals surface area contributed by atoms with Crippen molar-refractivity contribution < 1.29 is 4.79 Å². The number of hydrazone groups is 1. The zero-order valence-electron chi connectivity index (χ0n) is 11.9. The predicted octanol–water partition coefficient (Wildman–Crippen LogP) is 3.89. The zero-order valence-corrected chi connectivity index (χ0v) is 11.9. The number of nitrogens with zero attached hydrogens (tertiary/aromatic N) is 1. The van der Waals surface area contributed by atoms with Crippen molar-refractivity contribution in [2.24, 2.45) is 11.0 Å². The van der Waals surface area contributed by atoms with Crippen LogP contribution in [-0.2, 0) is 4.79 Å². The van der Waals surface area contributed by atoms with E-state index < -0.39 is 0 Å². The molecule has 0 aliphatic heterocycles. The molecule has 0 aromatic carbocycles. The van der Waals surface area contributed by atoms with Crippen LogP contribution in [0.3, 0.4) is 0 Å². The monoisotopic (exact) mass is 240 g/mol. The number of nitrogens with one attached hydrogen (secondary N) is 1. The molecular weight excluding hydrogens is 212 g/mol. The van der Waals surface area contributed by atoms with Crippen LogP contribution in [0, 0.1) is 5.92 Å². The maximum absolute atomic E-state index is 11.4. The van der Waals surface area contributed by atoms with Crippen LogP contribution in [0.5, 0.6) is 0 Å². The van der Waals surface area contributed by atoms with Gasteiger partial charge in [-0.05, 0) is 25.7 Å². The van der Waals surface area contributed by atoms with Crippen LogP contribution in [0.25, 0.3) is 0 Å². The molecule has 0 bridgehead atoms. The van der Waals surface area contributed by atoms with Crippen LogP contribution in [0.15, 0.2) is 5.10 Å². The minimum atomic E-state index is 0.0459. The molecule has 100 valence electrons. The fourth-order valence-corrected chi connectivity index (χ4v) is 1.74. The summed E-state index contributed by atoms with van der Waals surface area (Å²) >= 11 is 0. The summed E-state index contributed by atoms with van der Waals surface area (Å²) in [5, 5.41) is 4.10. The van der Waals surface area contributed by atoms with E-state index in [1.807, 2.05) is 6.92 Å². The molecule has 0 radical (unpaired) electrons. The minimum Gasteiger partial charge on any atom is -0.273 e. The molecule has 0 fully saturated rings. The first-order valence-electron chi connectivity index (χ1n) is 6.88. The Labute approximate surface area is 106 Å². The smallest absolute Gasteiger partial charge is 0.240 e. The van der Waals surface area contributed by atoms with E-state index in [1.54, 1.807) is 0 Å². The van der Waals surface area contributed by atoms with Crippen molar-refractivity contribution in [1.29, 1.82) is 0 Å². The third kappa shape index (κ3) is 11.4. The molecule has 3 nitrogen and oxygen atoms in total. The van der Waals surface area contributed by atoms with Crippen LogP contribution >= 0.6 is 0 Å². The number of rotatable bonds is 9. The van der Waals surface area contributed by atoms with Crippen molar-refractivity contribution in [3.8, 4) is 0 Å². The Hall–Kier alpha value is -0.860. The molecule has 0 atom stereocenters. The largest absolute Gasteiger partial charge is 0.273 e. The highest BCUT2D eigenvalue weighted by atomic mass is 16.2. The minimum absolute atomic E-state index is 0.0459. The summed E-state index contributed by atoms with van der Waals surface area (Å²) < 4.78 is 0. The standard InChI is InChI=1S/C14H28N2O/c1-5-6-7-8-9-10-14(17)16-15-13(4)11-12(2)3/h12H,5-11H2,1-4H3,(H,16,17). The normalized spacial score (nSPS) is 11.9. The third-order valence-corrected chi connectivity index (χ3v) is 2.58. The average molecular weight is 240 g/mol. The van der Waals surface area contributed by atoms with Gasteiger partial charge in [-0.15, -0.1) is 0 Å². The summed E-state index contributed by atoms with van der Waals surface area (Å²) in [5.74, 6) is 0.634. The molecular formula is C14H28N2O. The quantitative estimate of drug-likeness (QED) is 0.371. The van der Waals surface area contributed by atoms with Gasteiger partial charge < -0.3 is 0 Å². The van der Waals surface area contributed by atoms with Gasteiger partial charge in [-0.25, -0.2) is 5.43 Å². The molecule has 0 heterocycles. The Bertz CT molecular complexity index is 234. The zero-order chi connectivity index (χ0) is 13.1. The summed E-state index contributed by atoms with van der Waals surface area (Å²) in [4.78, 5) is 11.4. The first-order valence-corrected chi connectivity index (χ1v) is 6.88. The van der Waals surface area contributed by atoms with Gasteiger partial charge in [0, 0.05) is 12.1 Å². The van der Waals surface area contributed by atoms with Gasteiger partial charge in [-0.3, -0.25) is 4.79 Å². The summed E-state index contributed by atoms with van der Waals surface area (Å²) in [6.45, 7) is 8.45. The Morgan fingerprint density at radius 2 is 1.82 bits per heavy atom. The van der Waals surface area contributed by atoms with E-state index in [0.29, 0.717) is 12.3 Å². The molecule has 0 aliphatic rings. The molecule has 0 aromatic heterocycles. The van der Waals surface area contributed by atoms with Gasteiger partial charge >= 0.3 is 0 Å². The van der Waals surface area contributed by atoms with E-state index in [-0.39, 0.29) is 5.91 Å². The van der Waals surface area contributed by atoms with E-state index in [4.69, 9.17) is 0 Å². The highest BCUT2D eigenvalue weighted by Gasteiger charge is 2.01. The Morgan fingerprint density at radius 3 is 2.41 bits per heavy atom. The van der Waals surface area contributed by atoms with Crippen LogP contribution in [0.2, 0.25) is 0 Å².